The lowest BCUT2D eigenvalue weighted by atomic mass is 10.0. The van der Waals surface area contributed by atoms with Crippen molar-refractivity contribution in [2.75, 3.05) is 21.3 Å². The van der Waals surface area contributed by atoms with Crippen LogP contribution in [0.25, 0.3) is 5.57 Å². The van der Waals surface area contributed by atoms with Crippen LogP contribution >= 0.6 is 0 Å². The van der Waals surface area contributed by atoms with Crippen LogP contribution in [0.2, 0.25) is 0 Å². The third-order valence-electron chi connectivity index (χ3n) is 3.66. The minimum absolute atomic E-state index is 0.160. The van der Waals surface area contributed by atoms with Crippen molar-refractivity contribution in [3.05, 3.63) is 65.4 Å². The Bertz CT molecular complexity index is 810. The van der Waals surface area contributed by atoms with E-state index in [4.69, 9.17) is 18.9 Å². The quantitative estimate of drug-likeness (QED) is 0.313. The van der Waals surface area contributed by atoms with Gasteiger partial charge in [0, 0.05) is 5.56 Å². The fourth-order valence-corrected chi connectivity index (χ4v) is 2.39. The molecule has 0 aliphatic heterocycles. The lowest BCUT2D eigenvalue weighted by Crippen LogP contribution is -2.08. The predicted molar refractivity (Wildman–Crippen MR) is 96.2 cm³/mol. The van der Waals surface area contributed by atoms with Gasteiger partial charge in [0.15, 0.2) is 11.5 Å². The third-order valence-corrected chi connectivity index (χ3v) is 3.66. The van der Waals surface area contributed by atoms with Crippen LogP contribution in [0.4, 0.5) is 0 Å². The summed E-state index contributed by atoms with van der Waals surface area (Å²) in [7, 11) is 4.28. The van der Waals surface area contributed by atoms with E-state index in [9.17, 15) is 9.59 Å². The van der Waals surface area contributed by atoms with Crippen molar-refractivity contribution in [1.82, 2.24) is 0 Å². The van der Waals surface area contributed by atoms with Crippen molar-refractivity contribution in [2.24, 2.45) is 0 Å². The van der Waals surface area contributed by atoms with Crippen molar-refractivity contribution in [2.45, 2.75) is 6.61 Å². The molecule has 0 aliphatic carbocycles. The van der Waals surface area contributed by atoms with Crippen molar-refractivity contribution in [1.29, 1.82) is 0 Å². The maximum Gasteiger partial charge on any atom is 0.341 e. The van der Waals surface area contributed by atoms with Crippen molar-refractivity contribution >= 4 is 17.8 Å². The van der Waals surface area contributed by atoms with E-state index in [1.807, 2.05) is 12.1 Å². The number of rotatable bonds is 8. The molecular weight excluding hydrogens is 336 g/mol. The van der Waals surface area contributed by atoms with Gasteiger partial charge in [0.2, 0.25) is 0 Å². The molecule has 0 atom stereocenters. The van der Waals surface area contributed by atoms with Gasteiger partial charge in [-0.1, -0.05) is 24.3 Å². The number of esters is 1. The molecule has 0 bridgehead atoms. The first-order chi connectivity index (χ1) is 12.6. The van der Waals surface area contributed by atoms with E-state index in [1.165, 1.54) is 27.6 Å². The molecule has 26 heavy (non-hydrogen) atoms. The lowest BCUT2D eigenvalue weighted by molar-refractivity contribution is -0.133. The zero-order valence-corrected chi connectivity index (χ0v) is 14.9. The average molecular weight is 356 g/mol. The molecule has 6 nitrogen and oxygen atoms in total. The predicted octanol–water partition coefficient (Wildman–Crippen LogP) is 3.25. The number of aldehydes is 1. The Balaban J connectivity index is 2.33. The number of carbonyl (C=O) groups excluding carboxylic acids is 2. The van der Waals surface area contributed by atoms with Crippen LogP contribution in [0.15, 0.2) is 48.7 Å². The minimum atomic E-state index is -0.514. The molecule has 2 rings (SSSR count). The third kappa shape index (κ3) is 4.42. The molecule has 0 unspecified atom stereocenters. The summed E-state index contributed by atoms with van der Waals surface area (Å²) in [6, 6.07) is 12.2. The number of ether oxygens (including phenoxy) is 4. The second kappa shape index (κ2) is 9.27. The molecule has 0 amide bonds. The highest BCUT2D eigenvalue weighted by Gasteiger charge is 2.17. The molecular formula is C20H20O6. The minimum Gasteiger partial charge on any atom is -0.503 e. The highest BCUT2D eigenvalue weighted by atomic mass is 16.5. The number of hydrogen-bond donors (Lipinski definition) is 0. The maximum atomic E-state index is 12.0. The van der Waals surface area contributed by atoms with Gasteiger partial charge in [-0.05, 0) is 29.3 Å². The second-order valence-electron chi connectivity index (χ2n) is 5.23. The van der Waals surface area contributed by atoms with E-state index >= 15 is 0 Å². The molecule has 2 aromatic rings. The van der Waals surface area contributed by atoms with Crippen molar-refractivity contribution in [3.8, 4) is 11.5 Å². The highest BCUT2D eigenvalue weighted by molar-refractivity contribution is 6.16. The fraction of sp³-hybridized carbons (Fsp3) is 0.200. The van der Waals surface area contributed by atoms with Crippen LogP contribution in [-0.4, -0.2) is 33.6 Å². The molecule has 0 heterocycles. The Kier molecular flexibility index (Phi) is 6.79. The standard InChI is InChI=1S/C20H20O6/c1-23-13-17(20(22)25-3)16-7-5-4-6-15(16)12-26-19-10-14(11-21)8-9-18(19)24-2/h4-11,13H,12H2,1-3H3. The highest BCUT2D eigenvalue weighted by Crippen LogP contribution is 2.29. The molecule has 0 spiro atoms. The summed E-state index contributed by atoms with van der Waals surface area (Å²) in [5.74, 6) is 0.427. The fourth-order valence-electron chi connectivity index (χ4n) is 2.39. The number of benzene rings is 2. The number of hydrogen-bond acceptors (Lipinski definition) is 6. The van der Waals surface area contributed by atoms with Crippen LogP contribution < -0.4 is 9.47 Å². The summed E-state index contributed by atoms with van der Waals surface area (Å²) in [6.07, 6.45) is 2.06. The van der Waals surface area contributed by atoms with Crippen LogP contribution in [0.3, 0.4) is 0 Å². The number of methoxy groups -OCH3 is 3. The zero-order chi connectivity index (χ0) is 18.9. The zero-order valence-electron chi connectivity index (χ0n) is 14.9. The molecule has 0 fully saturated rings. The summed E-state index contributed by atoms with van der Waals surface area (Å²) < 4.78 is 20.9. The van der Waals surface area contributed by atoms with Crippen molar-refractivity contribution < 1.29 is 28.5 Å². The lowest BCUT2D eigenvalue weighted by Gasteiger charge is -2.14. The summed E-state index contributed by atoms with van der Waals surface area (Å²) in [5.41, 5.74) is 2.14. The normalized spacial score (nSPS) is 10.8. The Morgan fingerprint density at radius 2 is 1.81 bits per heavy atom. The molecule has 0 aliphatic rings. The molecule has 136 valence electrons. The van der Waals surface area contributed by atoms with Gasteiger partial charge in [-0.25, -0.2) is 4.79 Å². The first kappa shape index (κ1) is 19.1. The molecule has 0 aromatic heterocycles. The van der Waals surface area contributed by atoms with E-state index in [-0.39, 0.29) is 12.2 Å². The van der Waals surface area contributed by atoms with Crippen molar-refractivity contribution in [3.63, 3.8) is 0 Å². The van der Waals surface area contributed by atoms with Gasteiger partial charge in [0.1, 0.15) is 18.5 Å². The van der Waals surface area contributed by atoms with E-state index in [1.54, 1.807) is 30.3 Å². The Labute approximate surface area is 151 Å². The Morgan fingerprint density at radius 1 is 1.04 bits per heavy atom. The topological polar surface area (TPSA) is 71.1 Å². The molecule has 0 saturated carbocycles. The van der Waals surface area contributed by atoms with E-state index in [0.29, 0.717) is 22.6 Å². The van der Waals surface area contributed by atoms with Gasteiger partial charge in [-0.2, -0.15) is 0 Å². The van der Waals surface area contributed by atoms with E-state index < -0.39 is 5.97 Å². The molecule has 2 aromatic carbocycles. The Hall–Kier alpha value is -3.28. The first-order valence-electron chi connectivity index (χ1n) is 7.80. The van der Waals surface area contributed by atoms with Crippen LogP contribution in [0.1, 0.15) is 21.5 Å². The van der Waals surface area contributed by atoms with E-state index in [0.717, 1.165) is 11.8 Å². The summed E-state index contributed by atoms with van der Waals surface area (Å²) in [4.78, 5) is 23.0. The van der Waals surface area contributed by atoms with Gasteiger partial charge in [-0.3, -0.25) is 4.79 Å². The summed E-state index contributed by atoms with van der Waals surface area (Å²) in [6.45, 7) is 0.160. The average Bonchev–Trinajstić information content (AvgIpc) is 2.69. The molecule has 0 N–H and O–H groups in total. The van der Waals surface area contributed by atoms with Gasteiger partial charge < -0.3 is 18.9 Å². The SMILES string of the molecule is COC=C(C(=O)OC)c1ccccc1COc1cc(C=O)ccc1OC. The van der Waals surface area contributed by atoms with Crippen LogP contribution in [0, 0.1) is 0 Å². The van der Waals surface area contributed by atoms with Crippen LogP contribution in [0.5, 0.6) is 11.5 Å². The van der Waals surface area contributed by atoms with E-state index in [2.05, 4.69) is 0 Å². The Morgan fingerprint density at radius 3 is 2.46 bits per heavy atom. The van der Waals surface area contributed by atoms with Gasteiger partial charge in [0.05, 0.1) is 27.6 Å². The maximum absolute atomic E-state index is 12.0. The van der Waals surface area contributed by atoms with Crippen LogP contribution in [-0.2, 0) is 20.9 Å². The second-order valence-corrected chi connectivity index (χ2v) is 5.23. The smallest absolute Gasteiger partial charge is 0.341 e. The number of carbonyl (C=O) groups is 2. The monoisotopic (exact) mass is 356 g/mol. The van der Waals surface area contributed by atoms with Gasteiger partial charge in [0.25, 0.3) is 0 Å². The summed E-state index contributed by atoms with van der Waals surface area (Å²) in [5, 5.41) is 0. The van der Waals surface area contributed by atoms with Gasteiger partial charge >= 0.3 is 5.97 Å². The first-order valence-corrected chi connectivity index (χ1v) is 7.80. The molecule has 0 saturated heterocycles. The summed E-state index contributed by atoms with van der Waals surface area (Å²) >= 11 is 0. The van der Waals surface area contributed by atoms with Gasteiger partial charge in [-0.15, -0.1) is 0 Å². The molecule has 0 radical (unpaired) electrons. The largest absolute Gasteiger partial charge is 0.503 e. The molecule has 6 heteroatoms.